The smallest absolute Gasteiger partial charge is 0.232 e. The molecule has 3 heterocycles. The number of aliphatic hydroxyl groups is 1. The maximum absolute atomic E-state index is 13.6. The van der Waals surface area contributed by atoms with Crippen molar-refractivity contribution in [1.29, 1.82) is 0 Å². The van der Waals surface area contributed by atoms with Gasteiger partial charge in [0.2, 0.25) is 15.9 Å². The molecule has 0 saturated carbocycles. The number of nitrogens with zero attached hydrogens (tertiary/aromatic N) is 3. The van der Waals surface area contributed by atoms with Crippen LogP contribution < -0.4 is 4.31 Å². The fraction of sp³-hybridized carbons (Fsp3) is 0.129. The lowest BCUT2D eigenvalue weighted by Crippen LogP contribution is -2.31. The van der Waals surface area contributed by atoms with Crippen LogP contribution in [0.25, 0.3) is 56.1 Å². The van der Waals surface area contributed by atoms with Gasteiger partial charge in [0.25, 0.3) is 0 Å². The summed E-state index contributed by atoms with van der Waals surface area (Å²) in [5.41, 5.74) is 4.03. The zero-order valence-electron chi connectivity index (χ0n) is 22.3. The van der Waals surface area contributed by atoms with Crippen LogP contribution in [0.5, 0.6) is 0 Å². The number of carbonyl (C=O) groups excluding carboxylic acids is 1. The minimum Gasteiger partial charge on any atom is -0.455 e. The van der Waals surface area contributed by atoms with Crippen molar-refractivity contribution >= 4 is 44.2 Å². The number of aldehydes is 1. The van der Waals surface area contributed by atoms with E-state index in [9.17, 15) is 22.7 Å². The molecule has 0 bridgehead atoms. The molecule has 0 amide bonds. The molecule has 9 nitrogen and oxygen atoms in total. The second-order valence-corrected chi connectivity index (χ2v) is 11.6. The van der Waals surface area contributed by atoms with Crippen molar-refractivity contribution in [1.82, 2.24) is 9.97 Å². The molecular formula is C31H24FN3O6S. The van der Waals surface area contributed by atoms with Crippen molar-refractivity contribution in [2.45, 2.75) is 6.42 Å². The van der Waals surface area contributed by atoms with Gasteiger partial charge in [-0.25, -0.2) is 17.8 Å². The number of sulfonamides is 1. The van der Waals surface area contributed by atoms with Crippen LogP contribution in [0.1, 0.15) is 16.8 Å². The first kappa shape index (κ1) is 27.3. The van der Waals surface area contributed by atoms with Crippen LogP contribution in [-0.2, 0) is 10.0 Å². The van der Waals surface area contributed by atoms with Crippen molar-refractivity contribution in [2.24, 2.45) is 0 Å². The third kappa shape index (κ3) is 5.04. The second-order valence-electron chi connectivity index (χ2n) is 9.67. The highest BCUT2D eigenvalue weighted by molar-refractivity contribution is 7.92. The number of furan rings is 1. The van der Waals surface area contributed by atoms with E-state index in [-0.39, 0.29) is 36.5 Å². The Kier molecular flexibility index (Phi) is 7.05. The average Bonchev–Trinajstić information content (AvgIpc) is 3.58. The van der Waals surface area contributed by atoms with E-state index < -0.39 is 15.8 Å². The highest BCUT2D eigenvalue weighted by Gasteiger charge is 2.25. The van der Waals surface area contributed by atoms with Crippen LogP contribution in [-0.4, -0.2) is 49.2 Å². The number of aromatic nitrogens is 2. The molecule has 3 aromatic heterocycles. The van der Waals surface area contributed by atoms with Gasteiger partial charge < -0.3 is 13.9 Å². The van der Waals surface area contributed by atoms with Crippen LogP contribution in [0.3, 0.4) is 0 Å². The molecule has 0 unspecified atom stereocenters. The number of oxazole rings is 1. The molecule has 1 N–H and O–H groups in total. The number of halogens is 1. The van der Waals surface area contributed by atoms with Crippen molar-refractivity contribution in [3.05, 3.63) is 90.4 Å². The Labute approximate surface area is 239 Å². The van der Waals surface area contributed by atoms with Crippen molar-refractivity contribution in [2.75, 3.05) is 23.7 Å². The molecule has 0 aliphatic carbocycles. The topological polar surface area (TPSA) is 127 Å². The molecule has 0 radical (unpaired) electrons. The van der Waals surface area contributed by atoms with Crippen LogP contribution in [0, 0.1) is 5.82 Å². The maximum Gasteiger partial charge on any atom is 0.232 e. The third-order valence-corrected chi connectivity index (χ3v) is 8.02. The molecule has 0 fully saturated rings. The van der Waals surface area contributed by atoms with Crippen LogP contribution >= 0.6 is 0 Å². The molecule has 0 aliphatic rings. The average molecular weight is 586 g/mol. The molecule has 0 atom stereocenters. The quantitative estimate of drug-likeness (QED) is 0.203. The predicted octanol–water partition coefficient (Wildman–Crippen LogP) is 6.07. The molecule has 3 aromatic carbocycles. The van der Waals surface area contributed by atoms with Gasteiger partial charge in [0.05, 0.1) is 17.5 Å². The summed E-state index contributed by atoms with van der Waals surface area (Å²) in [7, 11) is -3.80. The summed E-state index contributed by atoms with van der Waals surface area (Å²) < 4.78 is 52.8. The molecule has 6 rings (SSSR count). The van der Waals surface area contributed by atoms with Gasteiger partial charge in [0.15, 0.2) is 17.5 Å². The third-order valence-electron chi connectivity index (χ3n) is 6.84. The minimum atomic E-state index is -3.80. The zero-order valence-corrected chi connectivity index (χ0v) is 23.1. The normalized spacial score (nSPS) is 11.8. The van der Waals surface area contributed by atoms with Crippen molar-refractivity contribution in [3.63, 3.8) is 0 Å². The highest BCUT2D eigenvalue weighted by Crippen LogP contribution is 2.42. The van der Waals surface area contributed by atoms with Gasteiger partial charge in [0.1, 0.15) is 17.2 Å². The Morgan fingerprint density at radius 2 is 1.74 bits per heavy atom. The summed E-state index contributed by atoms with van der Waals surface area (Å²) in [6.45, 7) is -0.202. The summed E-state index contributed by atoms with van der Waals surface area (Å²) in [5, 5.41) is 9.95. The summed E-state index contributed by atoms with van der Waals surface area (Å²) in [6.07, 6.45) is 3.56. The number of benzene rings is 3. The van der Waals surface area contributed by atoms with Crippen molar-refractivity contribution < 1.29 is 31.5 Å². The van der Waals surface area contributed by atoms with E-state index in [4.69, 9.17) is 8.83 Å². The number of rotatable bonds is 9. The number of fused-ring (bicyclic) bond motifs is 2. The Bertz CT molecular complexity index is 2020. The molecular weight excluding hydrogens is 561 g/mol. The van der Waals surface area contributed by atoms with Gasteiger partial charge in [0, 0.05) is 47.5 Å². The lowest BCUT2D eigenvalue weighted by atomic mass is 9.97. The number of carbonyl (C=O) groups is 1. The Morgan fingerprint density at radius 1 is 0.952 bits per heavy atom. The Morgan fingerprint density at radius 3 is 2.45 bits per heavy atom. The molecule has 6 aromatic rings. The van der Waals surface area contributed by atoms with E-state index in [2.05, 4.69) is 9.97 Å². The van der Waals surface area contributed by atoms with E-state index in [0.29, 0.717) is 56.7 Å². The van der Waals surface area contributed by atoms with Gasteiger partial charge in [-0.1, -0.05) is 12.1 Å². The summed E-state index contributed by atoms with van der Waals surface area (Å²) in [4.78, 5) is 21.0. The SMILES string of the molecule is CS(=O)(=O)N(CCCO)c1cc2oc(-c3ccc(F)cc3)c(C=O)c2cc1-c1cccc(-c2nc3ncccc3o2)c1. The Hall–Kier alpha value is -4.87. The molecule has 0 aliphatic heterocycles. The van der Waals surface area contributed by atoms with Gasteiger partial charge in [-0.15, -0.1) is 0 Å². The van der Waals surface area contributed by atoms with Crippen LogP contribution in [0.2, 0.25) is 0 Å². The maximum atomic E-state index is 13.6. The number of hydrogen-bond donors (Lipinski definition) is 1. The Balaban J connectivity index is 1.59. The molecule has 212 valence electrons. The van der Waals surface area contributed by atoms with E-state index in [0.717, 1.165) is 6.26 Å². The summed E-state index contributed by atoms with van der Waals surface area (Å²) >= 11 is 0. The van der Waals surface area contributed by atoms with Gasteiger partial charge >= 0.3 is 0 Å². The first-order valence-electron chi connectivity index (χ1n) is 13.0. The summed E-state index contributed by atoms with van der Waals surface area (Å²) in [5.74, 6) is 0.135. The fourth-order valence-corrected chi connectivity index (χ4v) is 5.88. The molecule has 0 spiro atoms. The first-order valence-corrected chi connectivity index (χ1v) is 14.8. The van der Waals surface area contributed by atoms with E-state index >= 15 is 0 Å². The van der Waals surface area contributed by atoms with E-state index in [1.54, 1.807) is 36.5 Å². The first-order chi connectivity index (χ1) is 20.3. The van der Waals surface area contributed by atoms with Gasteiger partial charge in [-0.05, 0) is 66.6 Å². The standard InChI is InChI=1S/C31H24FN3O6S/c1-42(38,39)35(13-4-14-36)26-17-28-24(25(18-37)29(40-28)19-8-10-22(32)11-9-19)16-23(26)20-5-2-6-21(15-20)31-34-30-27(41-31)7-3-12-33-30/h2-3,5-12,15-18,36H,4,13-14H2,1H3. The van der Waals surface area contributed by atoms with Crippen LogP contribution in [0.4, 0.5) is 10.1 Å². The molecule has 42 heavy (non-hydrogen) atoms. The second kappa shape index (κ2) is 10.8. The lowest BCUT2D eigenvalue weighted by Gasteiger charge is -2.25. The number of pyridine rings is 1. The molecule has 11 heteroatoms. The molecule has 0 saturated heterocycles. The van der Waals surface area contributed by atoms with Crippen molar-refractivity contribution in [3.8, 4) is 33.9 Å². The van der Waals surface area contributed by atoms with Gasteiger partial charge in [-0.3, -0.25) is 9.10 Å². The number of anilines is 1. The zero-order chi connectivity index (χ0) is 29.4. The fourth-order valence-electron chi connectivity index (χ4n) is 4.91. The van der Waals surface area contributed by atoms with Crippen LogP contribution in [0.15, 0.2) is 87.8 Å². The number of hydrogen-bond acceptors (Lipinski definition) is 8. The number of aliphatic hydroxyl groups excluding tert-OH is 1. The van der Waals surface area contributed by atoms with E-state index in [1.807, 2.05) is 18.2 Å². The largest absolute Gasteiger partial charge is 0.455 e. The monoisotopic (exact) mass is 585 g/mol. The van der Waals surface area contributed by atoms with Gasteiger partial charge in [-0.2, -0.15) is 4.98 Å². The minimum absolute atomic E-state index is 0.0103. The summed E-state index contributed by atoms with van der Waals surface area (Å²) in [6, 6.07) is 19.5. The van der Waals surface area contributed by atoms with E-state index in [1.165, 1.54) is 28.6 Å². The lowest BCUT2D eigenvalue weighted by molar-refractivity contribution is 0.112. The highest BCUT2D eigenvalue weighted by atomic mass is 32.2. The predicted molar refractivity (Wildman–Crippen MR) is 157 cm³/mol.